The molecule has 1 saturated heterocycles. The number of nitrogens with zero attached hydrogens (tertiary/aromatic N) is 3. The summed E-state index contributed by atoms with van der Waals surface area (Å²) in [6.45, 7) is 10.6. The van der Waals surface area contributed by atoms with E-state index in [1.54, 1.807) is 17.3 Å². The average molecular weight is 452 g/mol. The van der Waals surface area contributed by atoms with Crippen molar-refractivity contribution < 1.29 is 19.0 Å². The molecule has 3 rings (SSSR count). The van der Waals surface area contributed by atoms with Gasteiger partial charge in [-0.1, -0.05) is 15.9 Å². The van der Waals surface area contributed by atoms with Gasteiger partial charge in [0.25, 0.3) is 0 Å². The summed E-state index contributed by atoms with van der Waals surface area (Å²) in [4.78, 5) is 22.9. The SMILES string of the molecule is CC(C)(C)OC(=O)N1C[C@@H](COc2cc(Br)cc3nccnc23)OC(C)(C)C1. The monoisotopic (exact) mass is 451 g/mol. The second-order valence-electron chi connectivity index (χ2n) is 8.50. The van der Waals surface area contributed by atoms with E-state index in [0.29, 0.717) is 24.4 Å². The van der Waals surface area contributed by atoms with E-state index < -0.39 is 11.2 Å². The average Bonchev–Trinajstić information content (AvgIpc) is 2.56. The lowest BCUT2D eigenvalue weighted by atomic mass is 10.1. The molecule has 28 heavy (non-hydrogen) atoms. The Morgan fingerprint density at radius 2 is 2.04 bits per heavy atom. The number of carbonyl (C=O) groups excluding carboxylic acids is 1. The van der Waals surface area contributed by atoms with Crippen molar-refractivity contribution in [2.75, 3.05) is 19.7 Å². The lowest BCUT2D eigenvalue weighted by molar-refractivity contribution is -0.143. The number of fused-ring (bicyclic) bond motifs is 1. The van der Waals surface area contributed by atoms with E-state index in [1.807, 2.05) is 46.8 Å². The Labute approximate surface area is 173 Å². The predicted molar refractivity (Wildman–Crippen MR) is 109 cm³/mol. The van der Waals surface area contributed by atoms with Crippen molar-refractivity contribution in [2.45, 2.75) is 51.9 Å². The van der Waals surface area contributed by atoms with Crippen LogP contribution in [0, 0.1) is 0 Å². The van der Waals surface area contributed by atoms with Gasteiger partial charge in [0, 0.05) is 16.9 Å². The quantitative estimate of drug-likeness (QED) is 0.696. The first kappa shape index (κ1) is 20.8. The van der Waals surface area contributed by atoms with Gasteiger partial charge in [-0.05, 0) is 46.8 Å². The number of morpholine rings is 1. The minimum Gasteiger partial charge on any atom is -0.488 e. The Hall–Kier alpha value is -1.93. The lowest BCUT2D eigenvalue weighted by Crippen LogP contribution is -2.56. The van der Waals surface area contributed by atoms with E-state index in [-0.39, 0.29) is 18.8 Å². The van der Waals surface area contributed by atoms with Crippen LogP contribution in [0.1, 0.15) is 34.6 Å². The fraction of sp³-hybridized carbons (Fsp3) is 0.550. The number of amides is 1. The summed E-state index contributed by atoms with van der Waals surface area (Å²) in [7, 11) is 0. The number of ether oxygens (including phenoxy) is 3. The Balaban J connectivity index is 1.72. The molecule has 0 aliphatic carbocycles. The first-order chi connectivity index (χ1) is 13.0. The van der Waals surface area contributed by atoms with Crippen LogP contribution in [0.3, 0.4) is 0 Å². The highest BCUT2D eigenvalue weighted by atomic mass is 79.9. The molecule has 2 heterocycles. The predicted octanol–water partition coefficient (Wildman–Crippen LogP) is 4.19. The van der Waals surface area contributed by atoms with Gasteiger partial charge in [0.1, 0.15) is 29.6 Å². The van der Waals surface area contributed by atoms with Crippen LogP contribution in [0.25, 0.3) is 11.0 Å². The zero-order valence-electron chi connectivity index (χ0n) is 16.9. The minimum atomic E-state index is -0.542. The Morgan fingerprint density at radius 3 is 2.75 bits per heavy atom. The molecule has 0 saturated carbocycles. The van der Waals surface area contributed by atoms with E-state index in [0.717, 1.165) is 9.99 Å². The largest absolute Gasteiger partial charge is 0.488 e. The molecule has 1 aromatic carbocycles. The molecule has 7 nitrogen and oxygen atoms in total. The summed E-state index contributed by atoms with van der Waals surface area (Å²) in [5, 5.41) is 0. The van der Waals surface area contributed by atoms with Gasteiger partial charge in [-0.25, -0.2) is 9.78 Å². The first-order valence-corrected chi connectivity index (χ1v) is 10.0. The van der Waals surface area contributed by atoms with E-state index in [2.05, 4.69) is 25.9 Å². The molecule has 1 atom stereocenters. The molecule has 2 aromatic rings. The summed E-state index contributed by atoms with van der Waals surface area (Å²) in [5.41, 5.74) is 0.388. The van der Waals surface area contributed by atoms with Gasteiger partial charge in [0.15, 0.2) is 0 Å². The first-order valence-electron chi connectivity index (χ1n) is 9.21. The lowest BCUT2D eigenvalue weighted by Gasteiger charge is -2.42. The van der Waals surface area contributed by atoms with Gasteiger partial charge in [-0.3, -0.25) is 4.98 Å². The summed E-state index contributed by atoms with van der Waals surface area (Å²) < 4.78 is 18.5. The second-order valence-corrected chi connectivity index (χ2v) is 9.42. The molecular formula is C20H26BrN3O4. The number of rotatable bonds is 3. The smallest absolute Gasteiger partial charge is 0.410 e. The zero-order valence-corrected chi connectivity index (χ0v) is 18.4. The van der Waals surface area contributed by atoms with Crippen LogP contribution in [-0.4, -0.2) is 58.0 Å². The van der Waals surface area contributed by atoms with Crippen LogP contribution in [0.15, 0.2) is 29.0 Å². The third-order valence-electron chi connectivity index (χ3n) is 4.06. The van der Waals surface area contributed by atoms with Crippen LogP contribution in [0.4, 0.5) is 4.79 Å². The highest BCUT2D eigenvalue weighted by Gasteiger charge is 2.37. The Morgan fingerprint density at radius 1 is 1.32 bits per heavy atom. The number of carbonyl (C=O) groups is 1. The molecule has 0 radical (unpaired) electrons. The van der Waals surface area contributed by atoms with E-state index in [1.165, 1.54) is 0 Å². The molecule has 8 heteroatoms. The van der Waals surface area contributed by atoms with E-state index in [9.17, 15) is 4.79 Å². The molecule has 1 aromatic heterocycles. The molecule has 1 amide bonds. The standard InChI is InChI=1S/C20H26BrN3O4/c1-19(2,3)28-18(25)24-10-14(27-20(4,5)12-24)11-26-16-9-13(21)8-15-17(16)23-7-6-22-15/h6-9,14H,10-12H2,1-5H3/t14-/m0/s1. The van der Waals surface area contributed by atoms with Crippen molar-refractivity contribution in [1.29, 1.82) is 0 Å². The number of benzene rings is 1. The van der Waals surface area contributed by atoms with Gasteiger partial charge < -0.3 is 19.1 Å². The zero-order chi connectivity index (χ0) is 20.5. The van der Waals surface area contributed by atoms with Crippen molar-refractivity contribution in [2.24, 2.45) is 0 Å². The van der Waals surface area contributed by atoms with Crippen LogP contribution in [0.2, 0.25) is 0 Å². The Bertz CT molecular complexity index is 866. The molecule has 0 spiro atoms. The summed E-state index contributed by atoms with van der Waals surface area (Å²) in [6, 6.07) is 3.75. The van der Waals surface area contributed by atoms with Gasteiger partial charge in [0.2, 0.25) is 0 Å². The maximum Gasteiger partial charge on any atom is 0.410 e. The van der Waals surface area contributed by atoms with Crippen molar-refractivity contribution in [3.8, 4) is 5.75 Å². The molecule has 152 valence electrons. The van der Waals surface area contributed by atoms with Crippen LogP contribution < -0.4 is 4.74 Å². The van der Waals surface area contributed by atoms with E-state index >= 15 is 0 Å². The summed E-state index contributed by atoms with van der Waals surface area (Å²) in [5.74, 6) is 0.619. The highest BCUT2D eigenvalue weighted by Crippen LogP contribution is 2.29. The molecule has 1 fully saturated rings. The molecule has 0 N–H and O–H groups in total. The molecule has 0 bridgehead atoms. The third kappa shape index (κ3) is 5.32. The molecule has 0 unspecified atom stereocenters. The maximum absolute atomic E-state index is 12.5. The molecular weight excluding hydrogens is 426 g/mol. The summed E-state index contributed by atoms with van der Waals surface area (Å²) in [6.07, 6.45) is 2.65. The van der Waals surface area contributed by atoms with Gasteiger partial charge >= 0.3 is 6.09 Å². The van der Waals surface area contributed by atoms with Crippen LogP contribution in [0.5, 0.6) is 5.75 Å². The molecule has 1 aliphatic rings. The number of aromatic nitrogens is 2. The summed E-state index contributed by atoms with van der Waals surface area (Å²) >= 11 is 3.48. The third-order valence-corrected chi connectivity index (χ3v) is 4.52. The van der Waals surface area contributed by atoms with Crippen molar-refractivity contribution >= 4 is 33.1 Å². The highest BCUT2D eigenvalue weighted by molar-refractivity contribution is 9.10. The minimum absolute atomic E-state index is 0.283. The fourth-order valence-electron chi connectivity index (χ4n) is 3.15. The number of halogens is 1. The normalized spacial score (nSPS) is 19.5. The van der Waals surface area contributed by atoms with E-state index in [4.69, 9.17) is 14.2 Å². The molecule has 1 aliphatic heterocycles. The Kier molecular flexibility index (Phi) is 5.82. The van der Waals surface area contributed by atoms with Crippen molar-refractivity contribution in [1.82, 2.24) is 14.9 Å². The van der Waals surface area contributed by atoms with Crippen molar-refractivity contribution in [3.63, 3.8) is 0 Å². The van der Waals surface area contributed by atoms with Gasteiger partial charge in [-0.2, -0.15) is 0 Å². The number of hydrogen-bond donors (Lipinski definition) is 0. The van der Waals surface area contributed by atoms with Crippen LogP contribution in [-0.2, 0) is 9.47 Å². The van der Waals surface area contributed by atoms with Gasteiger partial charge in [0.05, 0.1) is 24.2 Å². The maximum atomic E-state index is 12.5. The second kappa shape index (κ2) is 7.83. The topological polar surface area (TPSA) is 73.8 Å². The van der Waals surface area contributed by atoms with Crippen molar-refractivity contribution in [3.05, 3.63) is 29.0 Å². The fourth-order valence-corrected chi connectivity index (χ4v) is 3.58. The van der Waals surface area contributed by atoms with Gasteiger partial charge in [-0.15, -0.1) is 0 Å². The number of hydrogen-bond acceptors (Lipinski definition) is 6. The van der Waals surface area contributed by atoms with Crippen LogP contribution >= 0.6 is 15.9 Å².